The van der Waals surface area contributed by atoms with E-state index in [0.29, 0.717) is 21.5 Å². The van der Waals surface area contributed by atoms with Crippen LogP contribution in [0.4, 0.5) is 5.69 Å². The number of amides is 1. The van der Waals surface area contributed by atoms with Gasteiger partial charge in [-0.15, -0.1) is 0 Å². The van der Waals surface area contributed by atoms with E-state index in [0.717, 1.165) is 0 Å². The summed E-state index contributed by atoms with van der Waals surface area (Å²) in [5, 5.41) is 14.4. The van der Waals surface area contributed by atoms with Crippen molar-refractivity contribution in [1.29, 1.82) is 0 Å². The monoisotopic (exact) mass is 357 g/mol. The van der Waals surface area contributed by atoms with Crippen LogP contribution < -0.4 is 11.1 Å². The number of benzene rings is 1. The molecule has 20 heavy (non-hydrogen) atoms. The third-order valence-electron chi connectivity index (χ3n) is 2.48. The fourth-order valence-corrected chi connectivity index (χ4v) is 2.13. The molecule has 0 saturated heterocycles. The van der Waals surface area contributed by atoms with Crippen molar-refractivity contribution in [2.45, 2.75) is 0 Å². The van der Waals surface area contributed by atoms with Gasteiger partial charge < -0.3 is 20.7 Å². The third kappa shape index (κ3) is 2.94. The number of oxime groups is 1. The quantitative estimate of drug-likeness (QED) is 0.340. The first kappa shape index (κ1) is 14.4. The van der Waals surface area contributed by atoms with Crippen LogP contribution in [0.5, 0.6) is 0 Å². The molecule has 6 nitrogen and oxygen atoms in total. The van der Waals surface area contributed by atoms with E-state index in [1.54, 1.807) is 12.1 Å². The van der Waals surface area contributed by atoms with Crippen LogP contribution in [-0.2, 0) is 0 Å². The van der Waals surface area contributed by atoms with Gasteiger partial charge in [-0.1, -0.05) is 16.8 Å². The number of nitrogens with two attached hydrogens (primary N) is 1. The standard InChI is InChI=1S/C12H9BrClN3O3/c13-10-7(3-4-20-10)12(18)16-9-2-1-6(5-8(9)14)11(15)17-19/h1-5,19H,(H2,15,17)(H,16,18). The second kappa shape index (κ2) is 5.98. The Morgan fingerprint density at radius 2 is 2.20 bits per heavy atom. The number of hydrogen-bond donors (Lipinski definition) is 3. The fourth-order valence-electron chi connectivity index (χ4n) is 1.48. The summed E-state index contributed by atoms with van der Waals surface area (Å²) in [4.78, 5) is 12.0. The molecule has 104 valence electrons. The van der Waals surface area contributed by atoms with E-state index in [9.17, 15) is 4.79 Å². The molecule has 0 unspecified atom stereocenters. The molecular weight excluding hydrogens is 350 g/mol. The summed E-state index contributed by atoms with van der Waals surface area (Å²) in [6.07, 6.45) is 1.39. The van der Waals surface area contributed by atoms with Crippen molar-refractivity contribution >= 4 is 45.0 Å². The van der Waals surface area contributed by atoms with E-state index in [2.05, 4.69) is 26.4 Å². The lowest BCUT2D eigenvalue weighted by atomic mass is 10.2. The first-order valence-electron chi connectivity index (χ1n) is 5.34. The summed E-state index contributed by atoms with van der Waals surface area (Å²) in [7, 11) is 0. The number of anilines is 1. The molecule has 0 atom stereocenters. The van der Waals surface area contributed by atoms with Gasteiger partial charge in [0.2, 0.25) is 0 Å². The molecule has 1 amide bonds. The summed E-state index contributed by atoms with van der Waals surface area (Å²) in [6.45, 7) is 0. The molecular formula is C12H9BrClN3O3. The van der Waals surface area contributed by atoms with Crippen molar-refractivity contribution in [3.05, 3.63) is 51.3 Å². The molecule has 2 rings (SSSR count). The molecule has 0 radical (unpaired) electrons. The van der Waals surface area contributed by atoms with Gasteiger partial charge in [-0.2, -0.15) is 0 Å². The molecule has 1 aromatic carbocycles. The van der Waals surface area contributed by atoms with Gasteiger partial charge in [0, 0.05) is 5.56 Å². The third-order valence-corrected chi connectivity index (χ3v) is 3.41. The lowest BCUT2D eigenvalue weighted by Crippen LogP contribution is -2.14. The Morgan fingerprint density at radius 1 is 1.45 bits per heavy atom. The van der Waals surface area contributed by atoms with Crippen LogP contribution in [0.25, 0.3) is 0 Å². The summed E-state index contributed by atoms with van der Waals surface area (Å²) < 4.78 is 5.31. The maximum absolute atomic E-state index is 12.0. The van der Waals surface area contributed by atoms with Crippen molar-refractivity contribution in [1.82, 2.24) is 0 Å². The minimum absolute atomic E-state index is 0.0673. The highest BCUT2D eigenvalue weighted by molar-refractivity contribution is 9.10. The van der Waals surface area contributed by atoms with Crippen LogP contribution in [0, 0.1) is 0 Å². The summed E-state index contributed by atoms with van der Waals surface area (Å²) >= 11 is 9.15. The van der Waals surface area contributed by atoms with Gasteiger partial charge >= 0.3 is 0 Å². The predicted molar refractivity (Wildman–Crippen MR) is 78.3 cm³/mol. The Bertz CT molecular complexity index is 684. The van der Waals surface area contributed by atoms with Gasteiger partial charge in [-0.05, 0) is 40.2 Å². The van der Waals surface area contributed by atoms with Gasteiger partial charge in [0.05, 0.1) is 22.5 Å². The normalized spacial score (nSPS) is 11.4. The summed E-state index contributed by atoms with van der Waals surface area (Å²) in [5.74, 6) is -0.438. The average molecular weight is 359 g/mol. The van der Waals surface area contributed by atoms with Crippen molar-refractivity contribution in [2.24, 2.45) is 10.9 Å². The molecule has 2 aromatic rings. The first-order chi connectivity index (χ1) is 9.52. The Balaban J connectivity index is 2.23. The molecule has 0 fully saturated rings. The van der Waals surface area contributed by atoms with E-state index in [4.69, 9.17) is 27.0 Å². The average Bonchev–Trinajstić information content (AvgIpc) is 2.86. The minimum atomic E-state index is -0.371. The van der Waals surface area contributed by atoms with Crippen LogP contribution in [0.3, 0.4) is 0 Å². The van der Waals surface area contributed by atoms with Gasteiger partial charge in [0.25, 0.3) is 5.91 Å². The number of nitrogens with zero attached hydrogens (tertiary/aromatic N) is 1. The zero-order valence-corrected chi connectivity index (χ0v) is 12.3. The number of furan rings is 1. The first-order valence-corrected chi connectivity index (χ1v) is 6.52. The number of amidine groups is 1. The molecule has 0 aliphatic rings. The van der Waals surface area contributed by atoms with Crippen LogP contribution in [0.15, 0.2) is 44.8 Å². The number of halogens is 2. The topological polar surface area (TPSA) is 101 Å². The Kier molecular flexibility index (Phi) is 4.31. The number of nitrogens with one attached hydrogen (secondary N) is 1. The zero-order valence-electron chi connectivity index (χ0n) is 9.93. The molecule has 0 aliphatic carbocycles. The maximum atomic E-state index is 12.0. The lowest BCUT2D eigenvalue weighted by molar-refractivity contribution is 0.102. The predicted octanol–water partition coefficient (Wildman–Crippen LogP) is 3.04. The van der Waals surface area contributed by atoms with Crippen molar-refractivity contribution in [3.63, 3.8) is 0 Å². The lowest BCUT2D eigenvalue weighted by Gasteiger charge is -2.08. The van der Waals surface area contributed by atoms with Crippen LogP contribution in [0.2, 0.25) is 5.02 Å². The van der Waals surface area contributed by atoms with Crippen LogP contribution >= 0.6 is 27.5 Å². The molecule has 0 aliphatic heterocycles. The zero-order chi connectivity index (χ0) is 14.7. The van der Waals surface area contributed by atoms with Crippen LogP contribution in [-0.4, -0.2) is 17.0 Å². The molecule has 8 heteroatoms. The Labute approximate surface area is 127 Å². The number of hydrogen-bond acceptors (Lipinski definition) is 4. The van der Waals surface area contributed by atoms with E-state index in [1.165, 1.54) is 18.4 Å². The van der Waals surface area contributed by atoms with E-state index in [-0.39, 0.29) is 16.8 Å². The van der Waals surface area contributed by atoms with Crippen molar-refractivity contribution < 1.29 is 14.4 Å². The highest BCUT2D eigenvalue weighted by Crippen LogP contribution is 2.25. The SMILES string of the molecule is N/C(=N/O)c1ccc(NC(=O)c2ccoc2Br)c(Cl)c1. The second-order valence-electron chi connectivity index (χ2n) is 3.74. The summed E-state index contributed by atoms with van der Waals surface area (Å²) in [5.41, 5.74) is 6.64. The fraction of sp³-hybridized carbons (Fsp3) is 0. The van der Waals surface area contributed by atoms with Crippen molar-refractivity contribution in [2.75, 3.05) is 5.32 Å². The smallest absolute Gasteiger partial charge is 0.260 e. The van der Waals surface area contributed by atoms with Gasteiger partial charge in [0.15, 0.2) is 10.5 Å². The van der Waals surface area contributed by atoms with E-state index >= 15 is 0 Å². The molecule has 4 N–H and O–H groups in total. The van der Waals surface area contributed by atoms with E-state index in [1.807, 2.05) is 0 Å². The highest BCUT2D eigenvalue weighted by atomic mass is 79.9. The molecule has 0 spiro atoms. The largest absolute Gasteiger partial charge is 0.457 e. The van der Waals surface area contributed by atoms with Gasteiger partial charge in [-0.3, -0.25) is 4.79 Å². The van der Waals surface area contributed by atoms with Gasteiger partial charge in [-0.25, -0.2) is 0 Å². The highest BCUT2D eigenvalue weighted by Gasteiger charge is 2.14. The van der Waals surface area contributed by atoms with E-state index < -0.39 is 0 Å². The molecule has 1 heterocycles. The van der Waals surface area contributed by atoms with Crippen molar-refractivity contribution in [3.8, 4) is 0 Å². The maximum Gasteiger partial charge on any atom is 0.260 e. The Hall–Kier alpha value is -1.99. The van der Waals surface area contributed by atoms with Crippen LogP contribution in [0.1, 0.15) is 15.9 Å². The summed E-state index contributed by atoms with van der Waals surface area (Å²) in [6, 6.07) is 6.14. The van der Waals surface area contributed by atoms with Gasteiger partial charge in [0.1, 0.15) is 0 Å². The second-order valence-corrected chi connectivity index (χ2v) is 4.87. The molecule has 1 aromatic heterocycles. The number of carbonyl (C=O) groups is 1. The molecule has 0 bridgehead atoms. The Morgan fingerprint density at radius 3 is 2.75 bits per heavy atom. The number of rotatable bonds is 3. The molecule has 0 saturated carbocycles. The minimum Gasteiger partial charge on any atom is -0.457 e. The number of carbonyl (C=O) groups excluding carboxylic acids is 1.